The molecule has 2 aromatic carbocycles. The largest absolute Gasteiger partial charge is 0.489 e. The lowest BCUT2D eigenvalue weighted by Crippen LogP contribution is -2.47. The average molecular weight is 441 g/mol. The van der Waals surface area contributed by atoms with Crippen molar-refractivity contribution in [3.8, 4) is 5.75 Å². The van der Waals surface area contributed by atoms with E-state index in [9.17, 15) is 19.5 Å². The van der Waals surface area contributed by atoms with Crippen LogP contribution in [0.3, 0.4) is 0 Å². The number of carboxylic acid groups (broad SMARTS) is 1. The number of hydrogen-bond donors (Lipinski definition) is 2. The third kappa shape index (κ3) is 6.73. The second-order valence-corrected chi connectivity index (χ2v) is 8.14. The van der Waals surface area contributed by atoms with E-state index in [-0.39, 0.29) is 12.8 Å². The second kappa shape index (κ2) is 10.2. The molecule has 0 aliphatic carbocycles. The van der Waals surface area contributed by atoms with Crippen molar-refractivity contribution in [2.75, 3.05) is 0 Å². The number of cyclic esters (lactones) is 2. The number of nitrogens with one attached hydrogen (secondary N) is 1. The summed E-state index contributed by atoms with van der Waals surface area (Å²) in [6.45, 7) is 3.43. The molecular weight excluding hydrogens is 414 g/mol. The molecule has 1 fully saturated rings. The van der Waals surface area contributed by atoms with Crippen LogP contribution >= 0.6 is 0 Å². The summed E-state index contributed by atoms with van der Waals surface area (Å²) >= 11 is 0. The Labute approximate surface area is 186 Å². The standard InChI is InChI=1S/C24H27NO7/c1-24(2)31-21(26)20(22(27)32-24)13-10-18(25-23(28)29)14-16-8-11-19(12-9-16)30-15-17-6-4-3-5-7-17/h3-9,11-12,18,20,25H,10,13-15H2,1-2H3,(H,28,29). The number of rotatable bonds is 9. The van der Waals surface area contributed by atoms with Crippen LogP contribution in [-0.2, 0) is 32.1 Å². The van der Waals surface area contributed by atoms with Crippen molar-refractivity contribution in [1.29, 1.82) is 0 Å². The SMILES string of the molecule is CC1(C)OC(=O)C(CCC(Cc2ccc(OCc3ccccc3)cc2)NC(=O)O)C(=O)O1. The van der Waals surface area contributed by atoms with Gasteiger partial charge in [-0.15, -0.1) is 0 Å². The first kappa shape index (κ1) is 23.1. The highest BCUT2D eigenvalue weighted by Gasteiger charge is 2.43. The van der Waals surface area contributed by atoms with Crippen molar-refractivity contribution in [3.05, 3.63) is 65.7 Å². The first-order valence-corrected chi connectivity index (χ1v) is 10.4. The lowest BCUT2D eigenvalue weighted by atomic mass is 9.95. The highest BCUT2D eigenvalue weighted by molar-refractivity contribution is 5.96. The van der Waals surface area contributed by atoms with Gasteiger partial charge >= 0.3 is 18.0 Å². The summed E-state index contributed by atoms with van der Waals surface area (Å²) in [5.41, 5.74) is 1.95. The van der Waals surface area contributed by atoms with E-state index in [1.54, 1.807) is 0 Å². The molecule has 3 rings (SSSR count). The van der Waals surface area contributed by atoms with Crippen LogP contribution in [0, 0.1) is 5.92 Å². The van der Waals surface area contributed by atoms with Gasteiger partial charge in [-0.25, -0.2) is 4.79 Å². The van der Waals surface area contributed by atoms with E-state index >= 15 is 0 Å². The van der Waals surface area contributed by atoms with Gasteiger partial charge in [0.1, 0.15) is 12.4 Å². The minimum absolute atomic E-state index is 0.122. The highest BCUT2D eigenvalue weighted by atomic mass is 16.7. The minimum atomic E-state index is -1.28. The maximum Gasteiger partial charge on any atom is 0.404 e. The molecule has 0 saturated carbocycles. The van der Waals surface area contributed by atoms with Gasteiger partial charge in [-0.3, -0.25) is 9.59 Å². The Hall–Kier alpha value is -3.55. The molecule has 2 N–H and O–H groups in total. The van der Waals surface area contributed by atoms with E-state index in [2.05, 4.69) is 5.32 Å². The van der Waals surface area contributed by atoms with Crippen LogP contribution in [0.5, 0.6) is 5.75 Å². The normalized spacial score (nSPS) is 16.6. The highest BCUT2D eigenvalue weighted by Crippen LogP contribution is 2.26. The minimum Gasteiger partial charge on any atom is -0.489 e. The quantitative estimate of drug-likeness (QED) is 0.451. The number of benzene rings is 2. The lowest BCUT2D eigenvalue weighted by molar-refractivity contribution is -0.240. The summed E-state index contributed by atoms with van der Waals surface area (Å²) in [4.78, 5) is 35.5. The van der Waals surface area contributed by atoms with Crippen molar-refractivity contribution in [3.63, 3.8) is 0 Å². The van der Waals surface area contributed by atoms with Crippen molar-refractivity contribution >= 4 is 18.0 Å². The molecule has 0 aromatic heterocycles. The smallest absolute Gasteiger partial charge is 0.404 e. The van der Waals surface area contributed by atoms with Crippen LogP contribution in [0.4, 0.5) is 4.79 Å². The van der Waals surface area contributed by atoms with Gasteiger partial charge in [0.15, 0.2) is 5.92 Å². The molecule has 1 amide bonds. The first-order valence-electron chi connectivity index (χ1n) is 10.4. The summed E-state index contributed by atoms with van der Waals surface area (Å²) in [6, 6.07) is 16.7. The zero-order chi connectivity index (χ0) is 23.1. The predicted molar refractivity (Wildman–Crippen MR) is 115 cm³/mol. The van der Waals surface area contributed by atoms with E-state index in [4.69, 9.17) is 14.2 Å². The molecule has 32 heavy (non-hydrogen) atoms. The number of carbonyl (C=O) groups is 3. The Morgan fingerprint density at radius 1 is 1.03 bits per heavy atom. The van der Waals surface area contributed by atoms with E-state index in [1.807, 2.05) is 54.6 Å². The Morgan fingerprint density at radius 2 is 1.66 bits per heavy atom. The molecular formula is C24H27NO7. The molecule has 0 radical (unpaired) electrons. The number of ether oxygens (including phenoxy) is 3. The van der Waals surface area contributed by atoms with Gasteiger partial charge < -0.3 is 24.6 Å². The molecule has 1 unspecified atom stereocenters. The topological polar surface area (TPSA) is 111 Å². The van der Waals surface area contributed by atoms with Gasteiger partial charge in [-0.05, 0) is 42.5 Å². The van der Waals surface area contributed by atoms with Gasteiger partial charge in [-0.1, -0.05) is 42.5 Å². The fraction of sp³-hybridized carbons (Fsp3) is 0.375. The van der Waals surface area contributed by atoms with Gasteiger partial charge in [0.25, 0.3) is 5.79 Å². The zero-order valence-corrected chi connectivity index (χ0v) is 18.1. The summed E-state index contributed by atoms with van der Waals surface area (Å²) < 4.78 is 16.0. The molecule has 1 heterocycles. The molecule has 8 heteroatoms. The van der Waals surface area contributed by atoms with E-state index in [0.717, 1.165) is 11.1 Å². The summed E-state index contributed by atoms with van der Waals surface area (Å²) in [5, 5.41) is 11.6. The van der Waals surface area contributed by atoms with Crippen LogP contribution in [-0.4, -0.2) is 35.0 Å². The van der Waals surface area contributed by atoms with Crippen molar-refractivity contribution in [2.45, 2.75) is 51.5 Å². The van der Waals surface area contributed by atoms with Crippen LogP contribution in [0.2, 0.25) is 0 Å². The van der Waals surface area contributed by atoms with Crippen LogP contribution in [0.15, 0.2) is 54.6 Å². The Morgan fingerprint density at radius 3 is 2.25 bits per heavy atom. The number of carbonyl (C=O) groups excluding carboxylic acids is 2. The Balaban J connectivity index is 1.56. The van der Waals surface area contributed by atoms with Crippen LogP contribution < -0.4 is 10.1 Å². The van der Waals surface area contributed by atoms with Gasteiger partial charge in [0.05, 0.1) is 0 Å². The van der Waals surface area contributed by atoms with Crippen molar-refractivity contribution in [1.82, 2.24) is 5.32 Å². The average Bonchev–Trinajstić information content (AvgIpc) is 2.72. The van der Waals surface area contributed by atoms with E-state index in [1.165, 1.54) is 13.8 Å². The molecule has 1 saturated heterocycles. The predicted octanol–water partition coefficient (Wildman–Crippen LogP) is 3.68. The first-order chi connectivity index (χ1) is 15.2. The summed E-state index contributed by atoms with van der Waals surface area (Å²) in [7, 11) is 0. The van der Waals surface area contributed by atoms with Crippen LogP contribution in [0.25, 0.3) is 0 Å². The van der Waals surface area contributed by atoms with Gasteiger partial charge in [-0.2, -0.15) is 0 Å². The molecule has 0 bridgehead atoms. The van der Waals surface area contributed by atoms with E-state index < -0.39 is 35.8 Å². The van der Waals surface area contributed by atoms with E-state index in [0.29, 0.717) is 18.8 Å². The second-order valence-electron chi connectivity index (χ2n) is 8.14. The van der Waals surface area contributed by atoms with Crippen LogP contribution in [0.1, 0.15) is 37.8 Å². The number of hydrogen-bond acceptors (Lipinski definition) is 6. The molecule has 1 aliphatic heterocycles. The van der Waals surface area contributed by atoms with Gasteiger partial charge in [0.2, 0.25) is 0 Å². The number of amides is 1. The molecule has 170 valence electrons. The molecule has 2 aromatic rings. The molecule has 8 nitrogen and oxygen atoms in total. The molecule has 0 spiro atoms. The third-order valence-corrected chi connectivity index (χ3v) is 5.05. The maximum absolute atomic E-state index is 12.1. The number of esters is 2. The molecule has 1 atom stereocenters. The Kier molecular flexibility index (Phi) is 7.35. The van der Waals surface area contributed by atoms with Gasteiger partial charge in [0, 0.05) is 19.9 Å². The fourth-order valence-electron chi connectivity index (χ4n) is 3.49. The van der Waals surface area contributed by atoms with Crippen molar-refractivity contribution < 1.29 is 33.7 Å². The molecule has 1 aliphatic rings. The monoisotopic (exact) mass is 441 g/mol. The van der Waals surface area contributed by atoms with Crippen molar-refractivity contribution in [2.24, 2.45) is 5.92 Å². The summed E-state index contributed by atoms with van der Waals surface area (Å²) in [6.07, 6.45) is -0.383. The lowest BCUT2D eigenvalue weighted by Gasteiger charge is -2.33. The summed E-state index contributed by atoms with van der Waals surface area (Å²) in [5.74, 6) is -2.95. The fourth-order valence-corrected chi connectivity index (χ4v) is 3.49. The zero-order valence-electron chi connectivity index (χ0n) is 18.1. The third-order valence-electron chi connectivity index (χ3n) is 5.05. The maximum atomic E-state index is 12.1. The Bertz CT molecular complexity index is 921.